The summed E-state index contributed by atoms with van der Waals surface area (Å²) in [6.45, 7) is 1.44. The third-order valence-corrected chi connectivity index (χ3v) is 4.13. The first-order valence-electron chi connectivity index (χ1n) is 6.68. The minimum absolute atomic E-state index is 0.227. The van der Waals surface area contributed by atoms with Crippen LogP contribution in [0.15, 0.2) is 30.3 Å². The zero-order valence-corrected chi connectivity index (χ0v) is 11.7. The average Bonchev–Trinajstić information content (AvgIpc) is 2.47. The highest BCUT2D eigenvalue weighted by Gasteiger charge is 2.25. The molecule has 104 valence electrons. The van der Waals surface area contributed by atoms with Crippen molar-refractivity contribution in [2.75, 3.05) is 18.0 Å². The molecule has 2 aromatic rings. The van der Waals surface area contributed by atoms with Gasteiger partial charge in [-0.1, -0.05) is 23.7 Å². The largest absolute Gasteiger partial charge is 0.481 e. The van der Waals surface area contributed by atoms with Gasteiger partial charge in [0.05, 0.1) is 16.5 Å². The van der Waals surface area contributed by atoms with Crippen LogP contribution in [0.4, 0.5) is 5.82 Å². The predicted octanol–water partition coefficient (Wildman–Crippen LogP) is 3.19. The molecule has 0 spiro atoms. The van der Waals surface area contributed by atoms with Gasteiger partial charge in [0.2, 0.25) is 0 Å². The monoisotopic (exact) mass is 290 g/mol. The number of carboxylic acids is 1. The molecule has 1 N–H and O–H groups in total. The molecule has 0 radical (unpaired) electrons. The van der Waals surface area contributed by atoms with Gasteiger partial charge in [0.15, 0.2) is 0 Å². The van der Waals surface area contributed by atoms with E-state index >= 15 is 0 Å². The SMILES string of the molecule is O=C(O)C1CCN(c2ccc3cccc(Cl)c3n2)CC1. The minimum Gasteiger partial charge on any atom is -0.481 e. The molecule has 5 heteroatoms. The molecule has 2 heterocycles. The van der Waals surface area contributed by atoms with Crippen LogP contribution in [0.5, 0.6) is 0 Å². The summed E-state index contributed by atoms with van der Waals surface area (Å²) in [6.07, 6.45) is 1.33. The lowest BCUT2D eigenvalue weighted by Crippen LogP contribution is -2.36. The molecule has 0 atom stereocenters. The number of pyridine rings is 1. The Bertz CT molecular complexity index is 651. The molecule has 1 fully saturated rings. The summed E-state index contributed by atoms with van der Waals surface area (Å²) in [4.78, 5) is 17.7. The van der Waals surface area contributed by atoms with E-state index in [0.29, 0.717) is 17.9 Å². The van der Waals surface area contributed by atoms with Crippen LogP contribution >= 0.6 is 11.6 Å². The number of carboxylic acid groups (broad SMARTS) is 1. The lowest BCUT2D eigenvalue weighted by Gasteiger charge is -2.31. The lowest BCUT2D eigenvalue weighted by molar-refractivity contribution is -0.142. The third kappa shape index (κ3) is 2.43. The number of nitrogens with zero attached hydrogens (tertiary/aromatic N) is 2. The normalized spacial score (nSPS) is 16.6. The van der Waals surface area contributed by atoms with Gasteiger partial charge in [-0.15, -0.1) is 0 Å². The van der Waals surface area contributed by atoms with E-state index in [1.807, 2.05) is 30.3 Å². The van der Waals surface area contributed by atoms with Gasteiger partial charge in [-0.05, 0) is 31.0 Å². The number of para-hydroxylation sites is 1. The molecule has 1 aliphatic heterocycles. The molecular formula is C15H15ClN2O2. The Labute approximate surface area is 122 Å². The molecule has 1 saturated heterocycles. The van der Waals surface area contributed by atoms with Crippen LogP contribution in [0, 0.1) is 5.92 Å². The number of aromatic nitrogens is 1. The van der Waals surface area contributed by atoms with E-state index in [-0.39, 0.29) is 5.92 Å². The standard InChI is InChI=1S/C15H15ClN2O2/c16-12-3-1-2-10-4-5-13(17-14(10)12)18-8-6-11(7-9-18)15(19)20/h1-5,11H,6-9H2,(H,19,20). The Morgan fingerprint density at radius 2 is 2.00 bits per heavy atom. The van der Waals surface area contributed by atoms with Crippen LogP contribution in [0.3, 0.4) is 0 Å². The molecule has 0 amide bonds. The van der Waals surface area contributed by atoms with Gasteiger partial charge >= 0.3 is 5.97 Å². The fourth-order valence-electron chi connectivity index (χ4n) is 2.63. The van der Waals surface area contributed by atoms with Crippen LogP contribution < -0.4 is 4.90 Å². The van der Waals surface area contributed by atoms with E-state index in [2.05, 4.69) is 9.88 Å². The number of halogens is 1. The Hall–Kier alpha value is -1.81. The van der Waals surface area contributed by atoms with Crippen LogP contribution in [0.1, 0.15) is 12.8 Å². The summed E-state index contributed by atoms with van der Waals surface area (Å²) >= 11 is 6.17. The van der Waals surface area contributed by atoms with E-state index in [4.69, 9.17) is 16.7 Å². The number of benzene rings is 1. The second-order valence-corrected chi connectivity index (χ2v) is 5.49. The zero-order valence-electron chi connectivity index (χ0n) is 10.9. The Balaban J connectivity index is 1.85. The molecular weight excluding hydrogens is 276 g/mol. The van der Waals surface area contributed by atoms with Crippen LogP contribution in [0.25, 0.3) is 10.9 Å². The van der Waals surface area contributed by atoms with Crippen molar-refractivity contribution in [2.45, 2.75) is 12.8 Å². The van der Waals surface area contributed by atoms with Gasteiger partial charge in [-0.2, -0.15) is 0 Å². The minimum atomic E-state index is -0.695. The highest BCUT2D eigenvalue weighted by molar-refractivity contribution is 6.35. The average molecular weight is 291 g/mol. The van der Waals surface area contributed by atoms with E-state index in [1.54, 1.807) is 0 Å². The molecule has 0 aliphatic carbocycles. The molecule has 4 nitrogen and oxygen atoms in total. The summed E-state index contributed by atoms with van der Waals surface area (Å²) in [7, 11) is 0. The molecule has 1 aliphatic rings. The van der Waals surface area contributed by atoms with E-state index in [1.165, 1.54) is 0 Å². The maximum atomic E-state index is 11.0. The molecule has 20 heavy (non-hydrogen) atoms. The summed E-state index contributed by atoms with van der Waals surface area (Å²) < 4.78 is 0. The topological polar surface area (TPSA) is 53.4 Å². The van der Waals surface area contributed by atoms with Crippen molar-refractivity contribution >= 4 is 34.3 Å². The van der Waals surface area contributed by atoms with Crippen LogP contribution in [0.2, 0.25) is 5.02 Å². The molecule has 0 saturated carbocycles. The summed E-state index contributed by atoms with van der Waals surface area (Å²) in [6, 6.07) is 9.70. The summed E-state index contributed by atoms with van der Waals surface area (Å²) in [5.41, 5.74) is 0.798. The Kier molecular flexibility index (Phi) is 3.49. The number of piperidine rings is 1. The van der Waals surface area contributed by atoms with E-state index < -0.39 is 5.97 Å². The molecule has 1 aromatic carbocycles. The zero-order chi connectivity index (χ0) is 14.1. The van der Waals surface area contributed by atoms with Crippen LogP contribution in [-0.2, 0) is 4.79 Å². The van der Waals surface area contributed by atoms with Crippen molar-refractivity contribution in [1.29, 1.82) is 0 Å². The Morgan fingerprint density at radius 3 is 2.70 bits per heavy atom. The number of carbonyl (C=O) groups is 1. The number of hydrogen-bond acceptors (Lipinski definition) is 3. The molecule has 1 aromatic heterocycles. The number of rotatable bonds is 2. The number of aliphatic carboxylic acids is 1. The van der Waals surface area contributed by atoms with Crippen molar-refractivity contribution in [1.82, 2.24) is 4.98 Å². The third-order valence-electron chi connectivity index (χ3n) is 3.82. The molecule has 0 bridgehead atoms. The van der Waals surface area contributed by atoms with Gasteiger partial charge in [0, 0.05) is 18.5 Å². The Morgan fingerprint density at radius 1 is 1.25 bits per heavy atom. The highest BCUT2D eigenvalue weighted by Crippen LogP contribution is 2.27. The highest BCUT2D eigenvalue weighted by atomic mass is 35.5. The number of hydrogen-bond donors (Lipinski definition) is 1. The maximum absolute atomic E-state index is 11.0. The van der Waals surface area contributed by atoms with Crippen molar-refractivity contribution in [3.8, 4) is 0 Å². The fourth-order valence-corrected chi connectivity index (χ4v) is 2.86. The molecule has 0 unspecified atom stereocenters. The summed E-state index contributed by atoms with van der Waals surface area (Å²) in [5, 5.41) is 10.7. The van der Waals surface area contributed by atoms with Gasteiger partial charge in [-0.3, -0.25) is 4.79 Å². The van der Waals surface area contributed by atoms with Crippen molar-refractivity contribution < 1.29 is 9.90 Å². The van der Waals surface area contributed by atoms with Crippen molar-refractivity contribution in [2.24, 2.45) is 5.92 Å². The fraction of sp³-hybridized carbons (Fsp3) is 0.333. The summed E-state index contributed by atoms with van der Waals surface area (Å²) in [5.74, 6) is -0.0519. The first kappa shape index (κ1) is 13.2. The second kappa shape index (κ2) is 5.29. The van der Waals surface area contributed by atoms with Gasteiger partial charge in [-0.25, -0.2) is 4.98 Å². The van der Waals surface area contributed by atoms with Crippen molar-refractivity contribution in [3.63, 3.8) is 0 Å². The van der Waals surface area contributed by atoms with E-state index in [0.717, 1.165) is 29.8 Å². The lowest BCUT2D eigenvalue weighted by atomic mass is 9.97. The first-order valence-corrected chi connectivity index (χ1v) is 7.06. The smallest absolute Gasteiger partial charge is 0.306 e. The maximum Gasteiger partial charge on any atom is 0.306 e. The first-order chi connectivity index (χ1) is 9.65. The van der Waals surface area contributed by atoms with E-state index in [9.17, 15) is 4.79 Å². The second-order valence-electron chi connectivity index (χ2n) is 5.08. The number of anilines is 1. The quantitative estimate of drug-likeness (QED) is 0.923. The molecule has 3 rings (SSSR count). The van der Waals surface area contributed by atoms with Gasteiger partial charge < -0.3 is 10.0 Å². The van der Waals surface area contributed by atoms with Gasteiger partial charge in [0.1, 0.15) is 5.82 Å². The van der Waals surface area contributed by atoms with Crippen LogP contribution in [-0.4, -0.2) is 29.1 Å². The van der Waals surface area contributed by atoms with Crippen molar-refractivity contribution in [3.05, 3.63) is 35.4 Å². The number of fused-ring (bicyclic) bond motifs is 1. The predicted molar refractivity (Wildman–Crippen MR) is 79.3 cm³/mol. The van der Waals surface area contributed by atoms with Gasteiger partial charge in [0.25, 0.3) is 0 Å².